The minimum Gasteiger partial charge on any atom is -0.450 e. The molecular formula is C19H29NOSi. The van der Waals surface area contributed by atoms with E-state index in [0.717, 1.165) is 17.7 Å². The molecule has 0 aliphatic carbocycles. The van der Waals surface area contributed by atoms with Crippen molar-refractivity contribution in [3.8, 4) is 0 Å². The van der Waals surface area contributed by atoms with Gasteiger partial charge in [-0.2, -0.15) is 0 Å². The predicted molar refractivity (Wildman–Crippen MR) is 96.4 cm³/mol. The van der Waals surface area contributed by atoms with Gasteiger partial charge in [0.25, 0.3) is 0 Å². The minimum atomic E-state index is -1.78. The van der Waals surface area contributed by atoms with Gasteiger partial charge in [0.15, 0.2) is 13.6 Å². The Bertz CT molecular complexity index is 565. The van der Waals surface area contributed by atoms with Crippen molar-refractivity contribution in [2.45, 2.75) is 64.6 Å². The first-order chi connectivity index (χ1) is 10.4. The monoisotopic (exact) mass is 315 g/mol. The average Bonchev–Trinajstić information content (AvgIpc) is 2.88. The van der Waals surface area contributed by atoms with E-state index in [9.17, 15) is 0 Å². The number of rotatable bonds is 6. The predicted octanol–water partition coefficient (Wildman–Crippen LogP) is 5.15. The molecule has 0 fully saturated rings. The normalized spacial score (nSPS) is 12.6. The standard InChI is InChI=1S/C19H29NOSi/c1-14(2)22(15(3)4,16(5)6)19-20-13-18(21-19)12-17-10-8-7-9-11-17/h7-11,13-16H,12H2,1-6H3. The fourth-order valence-electron chi connectivity index (χ4n) is 4.13. The molecule has 3 heteroatoms. The number of hydrogen-bond donors (Lipinski definition) is 0. The first-order valence-electron chi connectivity index (χ1n) is 8.38. The molecule has 120 valence electrons. The highest BCUT2D eigenvalue weighted by atomic mass is 28.3. The molecule has 0 atom stereocenters. The Morgan fingerprint density at radius 2 is 1.45 bits per heavy atom. The summed E-state index contributed by atoms with van der Waals surface area (Å²) in [4.78, 5) is 4.74. The molecule has 0 aliphatic heterocycles. The van der Waals surface area contributed by atoms with Crippen LogP contribution in [0.25, 0.3) is 0 Å². The van der Waals surface area contributed by atoms with Gasteiger partial charge in [0.05, 0.1) is 6.20 Å². The van der Waals surface area contributed by atoms with E-state index in [1.807, 2.05) is 12.3 Å². The van der Waals surface area contributed by atoms with Crippen LogP contribution in [0.2, 0.25) is 16.6 Å². The smallest absolute Gasteiger partial charge is 0.167 e. The molecule has 0 amide bonds. The van der Waals surface area contributed by atoms with E-state index in [1.54, 1.807) is 0 Å². The van der Waals surface area contributed by atoms with Crippen LogP contribution in [0.5, 0.6) is 0 Å². The SMILES string of the molecule is CC(C)[Si](c1ncc(Cc2ccccc2)o1)(C(C)C)C(C)C. The molecular weight excluding hydrogens is 286 g/mol. The molecule has 0 saturated heterocycles. The molecule has 2 rings (SSSR count). The zero-order chi connectivity index (χ0) is 16.3. The molecule has 1 aromatic heterocycles. The van der Waals surface area contributed by atoms with Crippen molar-refractivity contribution in [2.24, 2.45) is 0 Å². The average molecular weight is 316 g/mol. The highest BCUT2D eigenvalue weighted by Gasteiger charge is 2.48. The maximum absolute atomic E-state index is 6.29. The highest BCUT2D eigenvalue weighted by Crippen LogP contribution is 2.40. The fraction of sp³-hybridized carbons (Fsp3) is 0.526. The van der Waals surface area contributed by atoms with Crippen LogP contribution >= 0.6 is 0 Å². The summed E-state index contributed by atoms with van der Waals surface area (Å²) < 4.78 is 6.29. The zero-order valence-corrected chi connectivity index (χ0v) is 15.8. The Balaban J connectivity index is 2.35. The lowest BCUT2D eigenvalue weighted by Crippen LogP contribution is -2.56. The van der Waals surface area contributed by atoms with Gasteiger partial charge in [0, 0.05) is 6.42 Å². The third kappa shape index (κ3) is 3.05. The van der Waals surface area contributed by atoms with E-state index < -0.39 is 8.07 Å². The van der Waals surface area contributed by atoms with Gasteiger partial charge in [-0.25, -0.2) is 4.98 Å². The van der Waals surface area contributed by atoms with Crippen molar-refractivity contribution >= 4 is 13.6 Å². The van der Waals surface area contributed by atoms with Gasteiger partial charge < -0.3 is 4.42 Å². The molecule has 1 heterocycles. The third-order valence-electron chi connectivity index (χ3n) is 5.01. The molecule has 0 aliphatic rings. The quantitative estimate of drug-likeness (QED) is 0.689. The summed E-state index contributed by atoms with van der Waals surface area (Å²) in [6, 6.07) is 10.5. The van der Waals surface area contributed by atoms with E-state index in [-0.39, 0.29) is 0 Å². The largest absolute Gasteiger partial charge is 0.450 e. The molecule has 0 saturated carbocycles. The van der Waals surface area contributed by atoms with Gasteiger partial charge in [-0.1, -0.05) is 71.9 Å². The van der Waals surface area contributed by atoms with Gasteiger partial charge in [-0.15, -0.1) is 0 Å². The van der Waals surface area contributed by atoms with Gasteiger partial charge in [0.2, 0.25) is 0 Å². The lowest BCUT2D eigenvalue weighted by Gasteiger charge is -2.39. The van der Waals surface area contributed by atoms with Crippen LogP contribution in [-0.2, 0) is 6.42 Å². The van der Waals surface area contributed by atoms with Crippen molar-refractivity contribution in [3.63, 3.8) is 0 Å². The lowest BCUT2D eigenvalue weighted by molar-refractivity contribution is 0.536. The Labute approximate surface area is 136 Å². The Morgan fingerprint density at radius 3 is 1.95 bits per heavy atom. The van der Waals surface area contributed by atoms with Crippen LogP contribution in [0.15, 0.2) is 40.9 Å². The topological polar surface area (TPSA) is 26.0 Å². The van der Waals surface area contributed by atoms with Crippen LogP contribution in [-0.4, -0.2) is 13.1 Å². The molecule has 0 bridgehead atoms. The van der Waals surface area contributed by atoms with Gasteiger partial charge in [-0.3, -0.25) is 0 Å². The number of oxazole rings is 1. The summed E-state index contributed by atoms with van der Waals surface area (Å²) in [5, 5.41) is 0. The van der Waals surface area contributed by atoms with Crippen LogP contribution < -0.4 is 5.51 Å². The Morgan fingerprint density at radius 1 is 0.909 bits per heavy atom. The van der Waals surface area contributed by atoms with Crippen LogP contribution in [0, 0.1) is 0 Å². The van der Waals surface area contributed by atoms with Crippen LogP contribution in [0.1, 0.15) is 52.9 Å². The fourth-order valence-corrected chi connectivity index (χ4v) is 10.2. The first kappa shape index (κ1) is 17.0. The summed E-state index contributed by atoms with van der Waals surface area (Å²) in [6.07, 6.45) is 2.77. The maximum atomic E-state index is 6.29. The lowest BCUT2D eigenvalue weighted by atomic mass is 10.1. The summed E-state index contributed by atoms with van der Waals surface area (Å²) >= 11 is 0. The third-order valence-corrected chi connectivity index (χ3v) is 11.7. The second-order valence-corrected chi connectivity index (χ2v) is 12.9. The molecule has 1 aromatic carbocycles. The Hall–Kier alpha value is -1.35. The van der Waals surface area contributed by atoms with E-state index in [0.29, 0.717) is 16.6 Å². The molecule has 0 unspecified atom stereocenters. The maximum Gasteiger partial charge on any atom is 0.167 e. The van der Waals surface area contributed by atoms with Gasteiger partial charge >= 0.3 is 0 Å². The summed E-state index contributed by atoms with van der Waals surface area (Å²) in [6.45, 7) is 14.0. The van der Waals surface area contributed by atoms with Crippen LogP contribution in [0.3, 0.4) is 0 Å². The molecule has 2 aromatic rings. The van der Waals surface area contributed by atoms with E-state index >= 15 is 0 Å². The van der Waals surface area contributed by atoms with Gasteiger partial charge in [0.1, 0.15) is 5.76 Å². The van der Waals surface area contributed by atoms with E-state index in [2.05, 4.69) is 65.8 Å². The minimum absolute atomic E-state index is 0.621. The number of nitrogens with zero attached hydrogens (tertiary/aromatic N) is 1. The molecule has 2 nitrogen and oxygen atoms in total. The number of aromatic nitrogens is 1. The van der Waals surface area contributed by atoms with Crippen molar-refractivity contribution in [1.29, 1.82) is 0 Å². The summed E-state index contributed by atoms with van der Waals surface area (Å²) in [7, 11) is -1.78. The van der Waals surface area contributed by atoms with Crippen molar-refractivity contribution in [1.82, 2.24) is 4.98 Å². The van der Waals surface area contributed by atoms with E-state index in [1.165, 1.54) is 5.56 Å². The first-order valence-corrected chi connectivity index (χ1v) is 10.6. The Kier molecular flexibility index (Phi) is 5.27. The summed E-state index contributed by atoms with van der Waals surface area (Å²) in [5.41, 5.74) is 4.18. The zero-order valence-electron chi connectivity index (χ0n) is 14.8. The van der Waals surface area contributed by atoms with Gasteiger partial charge in [-0.05, 0) is 22.2 Å². The number of hydrogen-bond acceptors (Lipinski definition) is 2. The molecule has 0 spiro atoms. The van der Waals surface area contributed by atoms with Crippen molar-refractivity contribution in [2.75, 3.05) is 0 Å². The van der Waals surface area contributed by atoms with Crippen molar-refractivity contribution in [3.05, 3.63) is 47.9 Å². The molecule has 0 radical (unpaired) electrons. The summed E-state index contributed by atoms with van der Waals surface area (Å²) in [5.74, 6) is 0.986. The highest BCUT2D eigenvalue weighted by molar-refractivity contribution is 6.93. The molecule has 0 N–H and O–H groups in total. The van der Waals surface area contributed by atoms with Crippen molar-refractivity contribution < 1.29 is 4.42 Å². The second-order valence-electron chi connectivity index (χ2n) is 7.19. The second kappa shape index (κ2) is 6.82. The van der Waals surface area contributed by atoms with Crippen LogP contribution in [0.4, 0.5) is 0 Å². The van der Waals surface area contributed by atoms with E-state index in [4.69, 9.17) is 9.40 Å². The number of benzene rings is 1. The molecule has 22 heavy (non-hydrogen) atoms.